The molecule has 33 heavy (non-hydrogen) atoms. The van der Waals surface area contributed by atoms with Crippen molar-refractivity contribution in [3.05, 3.63) is 89.8 Å². The highest BCUT2D eigenvalue weighted by atomic mass is 19.2. The van der Waals surface area contributed by atoms with Gasteiger partial charge in [0, 0.05) is 17.9 Å². The lowest BCUT2D eigenvalue weighted by Crippen LogP contribution is -2.30. The molecule has 1 saturated heterocycles. The van der Waals surface area contributed by atoms with Crippen LogP contribution in [0.3, 0.4) is 0 Å². The predicted octanol–water partition coefficient (Wildman–Crippen LogP) is 7.33. The first kappa shape index (κ1) is 23.5. The van der Waals surface area contributed by atoms with E-state index < -0.39 is 12.3 Å². The minimum atomic E-state index is -1.69. The smallest absolute Gasteiger partial charge is 0.161 e. The Morgan fingerprint density at radius 1 is 0.970 bits per heavy atom. The number of rotatable bonds is 7. The summed E-state index contributed by atoms with van der Waals surface area (Å²) in [5, 5.41) is 0. The molecular weight excluding hydrogens is 425 g/mol. The van der Waals surface area contributed by atoms with Crippen molar-refractivity contribution in [1.82, 2.24) is 0 Å². The standard InChI is InChI=1S/C28H29F3O2/c1-3-5-6-26-32-16-22(17-33-26)21-12-13-23(25(29)15-21)19-7-9-20(10-8-19)24-14-11-18(4-2)27(30)28(24)31/h3,7-15,22,26-28H,1,4-6,16-17H2,2H3. The van der Waals surface area contributed by atoms with Crippen LogP contribution in [0.1, 0.15) is 43.2 Å². The second kappa shape index (κ2) is 10.5. The van der Waals surface area contributed by atoms with E-state index in [1.54, 1.807) is 42.5 Å². The summed E-state index contributed by atoms with van der Waals surface area (Å²) in [6, 6.07) is 12.1. The van der Waals surface area contributed by atoms with Gasteiger partial charge in [0.15, 0.2) is 18.6 Å². The van der Waals surface area contributed by atoms with Crippen LogP contribution >= 0.6 is 0 Å². The molecule has 2 aromatic rings. The number of hydrogen-bond acceptors (Lipinski definition) is 2. The van der Waals surface area contributed by atoms with Gasteiger partial charge in [0.1, 0.15) is 5.82 Å². The first-order chi connectivity index (χ1) is 16.0. The second-order valence-corrected chi connectivity index (χ2v) is 8.50. The highest BCUT2D eigenvalue weighted by molar-refractivity contribution is 5.75. The van der Waals surface area contributed by atoms with E-state index in [4.69, 9.17) is 9.47 Å². The maximum absolute atomic E-state index is 15.0. The molecule has 1 fully saturated rings. The van der Waals surface area contributed by atoms with Crippen LogP contribution in [0.4, 0.5) is 13.2 Å². The van der Waals surface area contributed by atoms with Crippen LogP contribution in [0.5, 0.6) is 0 Å². The predicted molar refractivity (Wildman–Crippen MR) is 126 cm³/mol. The van der Waals surface area contributed by atoms with Crippen LogP contribution in [0, 0.1) is 5.82 Å². The van der Waals surface area contributed by atoms with Crippen molar-refractivity contribution in [3.63, 3.8) is 0 Å². The molecule has 2 aliphatic rings. The molecule has 0 saturated carbocycles. The minimum absolute atomic E-state index is 0.0228. The fourth-order valence-electron chi connectivity index (χ4n) is 4.31. The van der Waals surface area contributed by atoms with Gasteiger partial charge in [-0.05, 0) is 46.7 Å². The topological polar surface area (TPSA) is 18.5 Å². The molecule has 5 heteroatoms. The molecule has 2 nitrogen and oxygen atoms in total. The average molecular weight is 455 g/mol. The SMILES string of the molecule is C=CCCC1OCC(c2ccc(-c3ccc(C4=CC=C(CC)C(F)C4F)cc3)c(F)c2)CO1. The van der Waals surface area contributed by atoms with Crippen molar-refractivity contribution in [2.75, 3.05) is 13.2 Å². The van der Waals surface area contributed by atoms with Crippen molar-refractivity contribution in [2.45, 2.75) is 50.7 Å². The molecule has 1 heterocycles. The van der Waals surface area contributed by atoms with Crippen LogP contribution in [-0.2, 0) is 9.47 Å². The van der Waals surface area contributed by atoms with Gasteiger partial charge in [-0.1, -0.05) is 61.5 Å². The van der Waals surface area contributed by atoms with Gasteiger partial charge in [-0.3, -0.25) is 0 Å². The maximum Gasteiger partial charge on any atom is 0.161 e. The molecule has 1 aliphatic heterocycles. The fourth-order valence-corrected chi connectivity index (χ4v) is 4.31. The summed E-state index contributed by atoms with van der Waals surface area (Å²) in [6.45, 7) is 6.48. The van der Waals surface area contributed by atoms with Gasteiger partial charge in [-0.25, -0.2) is 13.2 Å². The molecule has 0 spiro atoms. The highest BCUT2D eigenvalue weighted by Crippen LogP contribution is 2.35. The van der Waals surface area contributed by atoms with Crippen LogP contribution in [0.15, 0.2) is 72.8 Å². The Bertz CT molecular complexity index is 1030. The summed E-state index contributed by atoms with van der Waals surface area (Å²) in [5.74, 6) is -0.362. The molecule has 0 radical (unpaired) electrons. The van der Waals surface area contributed by atoms with Crippen LogP contribution in [0.25, 0.3) is 16.7 Å². The summed E-state index contributed by atoms with van der Waals surface area (Å²) in [7, 11) is 0. The van der Waals surface area contributed by atoms with E-state index in [-0.39, 0.29) is 18.0 Å². The summed E-state index contributed by atoms with van der Waals surface area (Å²) in [5.41, 5.74) is 3.33. The van der Waals surface area contributed by atoms with E-state index in [9.17, 15) is 13.2 Å². The molecule has 0 N–H and O–H groups in total. The molecule has 2 atom stereocenters. The van der Waals surface area contributed by atoms with E-state index in [1.165, 1.54) is 6.07 Å². The van der Waals surface area contributed by atoms with Gasteiger partial charge in [-0.15, -0.1) is 6.58 Å². The number of alkyl halides is 2. The zero-order chi connectivity index (χ0) is 23.4. The minimum Gasteiger partial charge on any atom is -0.352 e. The quantitative estimate of drug-likeness (QED) is 0.408. The Kier molecular flexibility index (Phi) is 7.51. The molecular formula is C28H29F3O2. The van der Waals surface area contributed by atoms with Crippen LogP contribution in [-0.4, -0.2) is 31.8 Å². The van der Waals surface area contributed by atoms with E-state index in [1.807, 2.05) is 19.1 Å². The molecule has 0 aromatic heterocycles. The Labute approximate surface area is 193 Å². The van der Waals surface area contributed by atoms with Gasteiger partial charge in [0.05, 0.1) is 13.2 Å². The fraction of sp³-hybridized carbons (Fsp3) is 0.357. The van der Waals surface area contributed by atoms with Crippen molar-refractivity contribution in [3.8, 4) is 11.1 Å². The zero-order valence-corrected chi connectivity index (χ0v) is 18.8. The third-order valence-electron chi connectivity index (χ3n) is 6.36. The van der Waals surface area contributed by atoms with E-state index in [0.717, 1.165) is 18.4 Å². The molecule has 174 valence electrons. The number of ether oxygens (including phenoxy) is 2. The molecule has 2 unspecified atom stereocenters. The first-order valence-corrected chi connectivity index (χ1v) is 11.4. The highest BCUT2D eigenvalue weighted by Gasteiger charge is 2.30. The lowest BCUT2D eigenvalue weighted by molar-refractivity contribution is -0.189. The van der Waals surface area contributed by atoms with E-state index in [2.05, 4.69) is 6.58 Å². The van der Waals surface area contributed by atoms with Gasteiger partial charge >= 0.3 is 0 Å². The summed E-state index contributed by atoms with van der Waals surface area (Å²) >= 11 is 0. The van der Waals surface area contributed by atoms with E-state index in [0.29, 0.717) is 47.5 Å². The third kappa shape index (κ3) is 5.15. The van der Waals surface area contributed by atoms with Gasteiger partial charge in [-0.2, -0.15) is 0 Å². The number of hydrogen-bond donors (Lipinski definition) is 0. The lowest BCUT2D eigenvalue weighted by atomic mass is 9.88. The lowest BCUT2D eigenvalue weighted by Gasteiger charge is -2.29. The first-order valence-electron chi connectivity index (χ1n) is 11.4. The Morgan fingerprint density at radius 3 is 2.30 bits per heavy atom. The Hall–Kier alpha value is -2.63. The normalized spacial score (nSPS) is 25.3. The van der Waals surface area contributed by atoms with Crippen LogP contribution in [0.2, 0.25) is 0 Å². The maximum atomic E-state index is 15.0. The third-order valence-corrected chi connectivity index (χ3v) is 6.36. The Morgan fingerprint density at radius 2 is 1.67 bits per heavy atom. The van der Waals surface area contributed by atoms with Crippen molar-refractivity contribution in [1.29, 1.82) is 0 Å². The van der Waals surface area contributed by atoms with Gasteiger partial charge in [0.2, 0.25) is 0 Å². The van der Waals surface area contributed by atoms with Crippen molar-refractivity contribution < 1.29 is 22.6 Å². The molecule has 4 rings (SSSR count). The molecule has 0 bridgehead atoms. The zero-order valence-electron chi connectivity index (χ0n) is 18.8. The van der Waals surface area contributed by atoms with Crippen molar-refractivity contribution in [2.24, 2.45) is 0 Å². The molecule has 2 aromatic carbocycles. The molecule has 0 amide bonds. The van der Waals surface area contributed by atoms with E-state index >= 15 is 0 Å². The monoisotopic (exact) mass is 454 g/mol. The number of halogens is 3. The summed E-state index contributed by atoms with van der Waals surface area (Å²) in [6.07, 6.45) is 3.65. The number of allylic oxidation sites excluding steroid dienone is 5. The van der Waals surface area contributed by atoms with Crippen LogP contribution < -0.4 is 0 Å². The molecule has 1 aliphatic carbocycles. The van der Waals surface area contributed by atoms with Gasteiger partial charge in [0.25, 0.3) is 0 Å². The largest absolute Gasteiger partial charge is 0.352 e. The van der Waals surface area contributed by atoms with Gasteiger partial charge < -0.3 is 9.47 Å². The Balaban J connectivity index is 1.46. The average Bonchev–Trinajstić information content (AvgIpc) is 2.85. The van der Waals surface area contributed by atoms with Crippen molar-refractivity contribution >= 4 is 5.57 Å². The number of benzene rings is 2. The summed E-state index contributed by atoms with van der Waals surface area (Å²) < 4.78 is 55.3. The summed E-state index contributed by atoms with van der Waals surface area (Å²) in [4.78, 5) is 0. The second-order valence-electron chi connectivity index (χ2n) is 8.50.